The van der Waals surface area contributed by atoms with Crippen molar-refractivity contribution < 1.29 is 32.3 Å². The molecular weight excluding hydrogens is 395 g/mol. The van der Waals surface area contributed by atoms with E-state index in [4.69, 9.17) is 10.9 Å². The highest BCUT2D eigenvalue weighted by molar-refractivity contribution is 6.07. The topological polar surface area (TPSA) is 78.8 Å². The van der Waals surface area contributed by atoms with Crippen molar-refractivity contribution in [1.29, 1.82) is 0 Å². The number of nitrogens with two attached hydrogens (primary N) is 1. The largest absolute Gasteiger partial charge is 0.508 e. The first-order valence-corrected chi connectivity index (χ1v) is 8.09. The van der Waals surface area contributed by atoms with E-state index in [0.717, 1.165) is 18.2 Å². The number of rotatable bonds is 3. The lowest BCUT2D eigenvalue weighted by molar-refractivity contribution is -0.137. The van der Waals surface area contributed by atoms with Crippen LogP contribution in [-0.4, -0.2) is 16.1 Å². The minimum atomic E-state index is -4.78. The van der Waals surface area contributed by atoms with Gasteiger partial charge in [-0.1, -0.05) is 17.3 Å². The molecule has 3 aromatic rings. The predicted molar refractivity (Wildman–Crippen MR) is 96.4 cm³/mol. The predicted octanol–water partition coefficient (Wildman–Crippen LogP) is 5.12. The lowest BCUT2D eigenvalue weighted by Crippen LogP contribution is -2.17. The average Bonchev–Trinajstić information content (AvgIpc) is 2.66. The number of benzene rings is 3. The number of phenolic OH excluding ortho intramolecular Hbond substituents is 1. The number of alkyl halides is 3. The fourth-order valence-electron chi connectivity index (χ4n) is 2.91. The Balaban J connectivity index is 2.47. The molecule has 0 unspecified atom stereocenters. The highest BCUT2D eigenvalue weighted by Gasteiger charge is 2.33. The third-order valence-electron chi connectivity index (χ3n) is 4.23. The summed E-state index contributed by atoms with van der Waals surface area (Å²) in [5.74, 6) is -2.74. The minimum Gasteiger partial charge on any atom is -0.508 e. The van der Waals surface area contributed by atoms with Gasteiger partial charge in [0.15, 0.2) is 5.84 Å². The van der Waals surface area contributed by atoms with Crippen LogP contribution in [0.4, 0.5) is 22.0 Å². The smallest absolute Gasteiger partial charge is 0.416 e. The van der Waals surface area contributed by atoms with Gasteiger partial charge in [-0.3, -0.25) is 0 Å². The molecule has 9 heteroatoms. The second kappa shape index (κ2) is 7.42. The molecule has 0 aliphatic heterocycles. The van der Waals surface area contributed by atoms with Gasteiger partial charge >= 0.3 is 6.18 Å². The van der Waals surface area contributed by atoms with Gasteiger partial charge in [-0.05, 0) is 47.5 Å². The van der Waals surface area contributed by atoms with E-state index in [9.17, 15) is 27.1 Å². The number of hydrogen-bond acceptors (Lipinski definition) is 3. The lowest BCUT2D eigenvalue weighted by atomic mass is 9.87. The van der Waals surface area contributed by atoms with Crippen LogP contribution in [-0.2, 0) is 6.18 Å². The van der Waals surface area contributed by atoms with E-state index < -0.39 is 34.8 Å². The van der Waals surface area contributed by atoms with Gasteiger partial charge in [-0.15, -0.1) is 0 Å². The second-order valence-corrected chi connectivity index (χ2v) is 6.10. The maximum absolute atomic E-state index is 14.5. The zero-order valence-corrected chi connectivity index (χ0v) is 14.5. The highest BCUT2D eigenvalue weighted by Crippen LogP contribution is 2.41. The molecular formula is C20H13F5N2O2. The van der Waals surface area contributed by atoms with Gasteiger partial charge in [0.2, 0.25) is 0 Å². The fraction of sp³-hybridized carbons (Fsp3) is 0.0500. The van der Waals surface area contributed by atoms with E-state index in [2.05, 4.69) is 5.16 Å². The summed E-state index contributed by atoms with van der Waals surface area (Å²) in [6.45, 7) is 0. The summed E-state index contributed by atoms with van der Waals surface area (Å²) in [5.41, 5.74) is 3.80. The van der Waals surface area contributed by atoms with Crippen molar-refractivity contribution in [3.8, 4) is 28.0 Å². The van der Waals surface area contributed by atoms with Crippen LogP contribution in [0, 0.1) is 11.6 Å². The SMILES string of the molecule is N/C(=N\O)c1cc(C(F)(F)F)cc(-c2ccc(O)cc2)c1-c1ccc(F)cc1F. The van der Waals surface area contributed by atoms with E-state index in [1.165, 1.54) is 24.3 Å². The maximum Gasteiger partial charge on any atom is 0.416 e. The molecule has 3 rings (SSSR count). The van der Waals surface area contributed by atoms with Crippen LogP contribution in [0.2, 0.25) is 0 Å². The van der Waals surface area contributed by atoms with E-state index in [1.54, 1.807) is 0 Å². The number of amidine groups is 1. The van der Waals surface area contributed by atoms with Crippen molar-refractivity contribution in [2.75, 3.05) is 0 Å². The molecule has 3 aromatic carbocycles. The molecule has 0 spiro atoms. The summed E-state index contributed by atoms with van der Waals surface area (Å²) in [6.07, 6.45) is -4.78. The molecule has 29 heavy (non-hydrogen) atoms. The summed E-state index contributed by atoms with van der Waals surface area (Å²) < 4.78 is 68.3. The summed E-state index contributed by atoms with van der Waals surface area (Å²) in [5, 5.41) is 21.3. The molecule has 4 N–H and O–H groups in total. The van der Waals surface area contributed by atoms with Crippen molar-refractivity contribution in [2.45, 2.75) is 6.18 Å². The Morgan fingerprint density at radius 2 is 1.55 bits per heavy atom. The van der Waals surface area contributed by atoms with Gasteiger partial charge in [-0.25, -0.2) is 8.78 Å². The van der Waals surface area contributed by atoms with Crippen LogP contribution in [0.15, 0.2) is 59.8 Å². The average molecular weight is 408 g/mol. The molecule has 0 radical (unpaired) electrons. The Bertz CT molecular complexity index is 1090. The molecule has 4 nitrogen and oxygen atoms in total. The zero-order chi connectivity index (χ0) is 21.3. The summed E-state index contributed by atoms with van der Waals surface area (Å²) in [4.78, 5) is 0. The summed E-state index contributed by atoms with van der Waals surface area (Å²) in [7, 11) is 0. The summed E-state index contributed by atoms with van der Waals surface area (Å²) in [6, 6.07) is 9.09. The molecule has 0 bridgehead atoms. The van der Waals surface area contributed by atoms with Crippen molar-refractivity contribution in [3.63, 3.8) is 0 Å². The van der Waals surface area contributed by atoms with Gasteiger partial charge in [-0.2, -0.15) is 13.2 Å². The van der Waals surface area contributed by atoms with E-state index in [1.807, 2.05) is 0 Å². The van der Waals surface area contributed by atoms with Crippen LogP contribution < -0.4 is 5.73 Å². The number of phenols is 1. The van der Waals surface area contributed by atoms with Gasteiger partial charge in [0.25, 0.3) is 0 Å². The zero-order valence-electron chi connectivity index (χ0n) is 14.5. The molecule has 0 amide bonds. The third-order valence-corrected chi connectivity index (χ3v) is 4.23. The van der Waals surface area contributed by atoms with E-state index in [-0.39, 0.29) is 28.0 Å². The molecule has 0 aromatic heterocycles. The Morgan fingerprint density at radius 3 is 2.10 bits per heavy atom. The number of nitrogens with zero attached hydrogens (tertiary/aromatic N) is 1. The molecule has 150 valence electrons. The molecule has 0 aliphatic rings. The third kappa shape index (κ3) is 3.98. The van der Waals surface area contributed by atoms with Crippen LogP contribution in [0.1, 0.15) is 11.1 Å². The number of hydrogen-bond donors (Lipinski definition) is 3. The van der Waals surface area contributed by atoms with Gasteiger partial charge in [0.1, 0.15) is 17.4 Å². The standard InChI is InChI=1S/C20H13F5N2O2/c21-12-3-6-14(17(22)9-12)18-15(10-1-4-13(28)5-2-10)7-11(20(23,24)25)8-16(18)19(26)27-29/h1-9,28-29H,(H2,26,27). The number of aromatic hydroxyl groups is 1. The highest BCUT2D eigenvalue weighted by atomic mass is 19.4. The summed E-state index contributed by atoms with van der Waals surface area (Å²) >= 11 is 0. The molecule has 0 saturated heterocycles. The van der Waals surface area contributed by atoms with Crippen LogP contribution in [0.5, 0.6) is 5.75 Å². The van der Waals surface area contributed by atoms with Crippen molar-refractivity contribution in [3.05, 3.63) is 77.4 Å². The fourth-order valence-corrected chi connectivity index (χ4v) is 2.91. The van der Waals surface area contributed by atoms with Crippen LogP contribution in [0.3, 0.4) is 0 Å². The van der Waals surface area contributed by atoms with Gasteiger partial charge in [0, 0.05) is 22.8 Å². The normalized spacial score (nSPS) is 12.2. The first kappa shape index (κ1) is 20.1. The Morgan fingerprint density at radius 1 is 0.897 bits per heavy atom. The van der Waals surface area contributed by atoms with Crippen molar-refractivity contribution in [1.82, 2.24) is 0 Å². The Labute approximate surface area is 161 Å². The molecule has 0 saturated carbocycles. The Hall–Kier alpha value is -3.62. The number of oxime groups is 1. The van der Waals surface area contributed by atoms with E-state index in [0.29, 0.717) is 12.1 Å². The Kier molecular flexibility index (Phi) is 5.15. The number of halogens is 5. The first-order valence-electron chi connectivity index (χ1n) is 8.09. The van der Waals surface area contributed by atoms with Crippen molar-refractivity contribution >= 4 is 5.84 Å². The molecule has 0 atom stereocenters. The van der Waals surface area contributed by atoms with Gasteiger partial charge in [0.05, 0.1) is 5.56 Å². The van der Waals surface area contributed by atoms with Crippen LogP contribution >= 0.6 is 0 Å². The van der Waals surface area contributed by atoms with E-state index >= 15 is 0 Å². The van der Waals surface area contributed by atoms with Gasteiger partial charge < -0.3 is 16.0 Å². The molecule has 0 heterocycles. The monoisotopic (exact) mass is 408 g/mol. The van der Waals surface area contributed by atoms with Crippen molar-refractivity contribution in [2.24, 2.45) is 10.9 Å². The second-order valence-electron chi connectivity index (χ2n) is 6.10. The lowest BCUT2D eigenvalue weighted by Gasteiger charge is -2.19. The first-order chi connectivity index (χ1) is 13.6. The quantitative estimate of drug-likeness (QED) is 0.185. The minimum absolute atomic E-state index is 0.105. The molecule has 0 aliphatic carbocycles. The maximum atomic E-state index is 14.5. The van der Waals surface area contributed by atoms with Crippen LogP contribution in [0.25, 0.3) is 22.3 Å². The molecule has 0 fully saturated rings.